The third-order valence-electron chi connectivity index (χ3n) is 1.44. The summed E-state index contributed by atoms with van der Waals surface area (Å²) in [6, 6.07) is 0. The Morgan fingerprint density at radius 1 is 1.46 bits per heavy atom. The molecule has 1 aromatic heterocycles. The lowest BCUT2D eigenvalue weighted by Gasteiger charge is -1.99. The molecule has 1 rings (SSSR count). The van der Waals surface area contributed by atoms with Crippen molar-refractivity contribution in [2.45, 2.75) is 11.7 Å². The van der Waals surface area contributed by atoms with Gasteiger partial charge in [0, 0.05) is 37.4 Å². The van der Waals surface area contributed by atoms with Crippen molar-refractivity contribution in [1.82, 2.24) is 9.97 Å². The molecule has 0 bridgehead atoms. The summed E-state index contributed by atoms with van der Waals surface area (Å²) in [6.45, 7) is 1.20. The summed E-state index contributed by atoms with van der Waals surface area (Å²) in [5.41, 5.74) is 6.37. The van der Waals surface area contributed by atoms with Crippen molar-refractivity contribution in [2.75, 3.05) is 19.5 Å². The number of hydrogen-bond donors (Lipinski definition) is 1. The molecule has 0 radical (unpaired) electrons. The number of methoxy groups -OCH3 is 1. The maximum atomic E-state index is 5.41. The maximum Gasteiger partial charge on any atom is 0.187 e. The fraction of sp³-hybridized carbons (Fsp3) is 0.500. The first-order valence-electron chi connectivity index (χ1n) is 3.99. The van der Waals surface area contributed by atoms with Crippen molar-refractivity contribution in [1.29, 1.82) is 0 Å². The molecule has 2 N–H and O–H groups in total. The molecule has 1 heterocycles. The Hall–Kier alpha value is -0.650. The van der Waals surface area contributed by atoms with Crippen LogP contribution in [0.4, 0.5) is 0 Å². The van der Waals surface area contributed by atoms with Crippen LogP contribution in [-0.4, -0.2) is 29.4 Å². The molecule has 5 heteroatoms. The van der Waals surface area contributed by atoms with Gasteiger partial charge >= 0.3 is 0 Å². The highest BCUT2D eigenvalue weighted by Crippen LogP contribution is 2.10. The summed E-state index contributed by atoms with van der Waals surface area (Å²) < 4.78 is 4.91. The van der Waals surface area contributed by atoms with Crippen LogP contribution in [-0.2, 0) is 11.3 Å². The van der Waals surface area contributed by atoms with E-state index in [0.29, 0.717) is 13.2 Å². The zero-order valence-electron chi connectivity index (χ0n) is 7.56. The van der Waals surface area contributed by atoms with E-state index in [1.165, 1.54) is 0 Å². The first-order valence-corrected chi connectivity index (χ1v) is 4.98. The summed E-state index contributed by atoms with van der Waals surface area (Å²) in [6.07, 6.45) is 3.50. The van der Waals surface area contributed by atoms with Gasteiger partial charge in [0.1, 0.15) is 0 Å². The topological polar surface area (TPSA) is 61.0 Å². The highest BCUT2D eigenvalue weighted by atomic mass is 32.2. The third-order valence-corrected chi connectivity index (χ3v) is 2.28. The Bertz CT molecular complexity index is 240. The molecular weight excluding hydrogens is 186 g/mol. The van der Waals surface area contributed by atoms with E-state index in [-0.39, 0.29) is 0 Å². The molecule has 72 valence electrons. The van der Waals surface area contributed by atoms with Gasteiger partial charge in [-0.3, -0.25) is 0 Å². The van der Waals surface area contributed by atoms with Crippen LogP contribution in [0.15, 0.2) is 17.6 Å². The van der Waals surface area contributed by atoms with Crippen LogP contribution in [0.5, 0.6) is 0 Å². The van der Waals surface area contributed by atoms with Gasteiger partial charge in [-0.25, -0.2) is 9.97 Å². The quantitative estimate of drug-likeness (QED) is 0.429. The lowest BCUT2D eigenvalue weighted by Crippen LogP contribution is -1.99. The molecule has 4 nitrogen and oxygen atoms in total. The zero-order chi connectivity index (χ0) is 9.52. The molecule has 0 fully saturated rings. The molecule has 0 aromatic carbocycles. The van der Waals surface area contributed by atoms with Gasteiger partial charge in [0.15, 0.2) is 5.16 Å². The van der Waals surface area contributed by atoms with E-state index in [2.05, 4.69) is 9.97 Å². The summed E-state index contributed by atoms with van der Waals surface area (Å²) in [7, 11) is 1.68. The third kappa shape index (κ3) is 3.71. The van der Waals surface area contributed by atoms with Crippen LogP contribution < -0.4 is 5.73 Å². The van der Waals surface area contributed by atoms with Crippen molar-refractivity contribution >= 4 is 11.8 Å². The van der Waals surface area contributed by atoms with E-state index in [4.69, 9.17) is 10.5 Å². The van der Waals surface area contributed by atoms with Crippen LogP contribution in [0, 0.1) is 0 Å². The van der Waals surface area contributed by atoms with Crippen LogP contribution in [0.1, 0.15) is 5.56 Å². The number of rotatable bonds is 5. The molecule has 0 unspecified atom stereocenters. The number of thioether (sulfide) groups is 1. The fourth-order valence-corrected chi connectivity index (χ4v) is 1.43. The molecule has 0 saturated carbocycles. The average Bonchev–Trinajstić information content (AvgIpc) is 2.19. The van der Waals surface area contributed by atoms with Gasteiger partial charge < -0.3 is 10.5 Å². The summed E-state index contributed by atoms with van der Waals surface area (Å²) in [4.78, 5) is 8.28. The monoisotopic (exact) mass is 199 g/mol. The SMILES string of the molecule is COCCSc1ncc(CN)cn1. The average molecular weight is 199 g/mol. The van der Waals surface area contributed by atoms with E-state index in [0.717, 1.165) is 16.5 Å². The van der Waals surface area contributed by atoms with Gasteiger partial charge in [0.25, 0.3) is 0 Å². The smallest absolute Gasteiger partial charge is 0.187 e. The van der Waals surface area contributed by atoms with Gasteiger partial charge in [-0.05, 0) is 0 Å². The summed E-state index contributed by atoms with van der Waals surface area (Å²) in [5, 5.41) is 0.772. The van der Waals surface area contributed by atoms with E-state index < -0.39 is 0 Å². The second-order valence-electron chi connectivity index (χ2n) is 2.42. The van der Waals surface area contributed by atoms with Crippen molar-refractivity contribution < 1.29 is 4.74 Å². The normalized spacial score (nSPS) is 10.3. The van der Waals surface area contributed by atoms with Gasteiger partial charge in [0.05, 0.1) is 6.61 Å². The number of nitrogens with two attached hydrogens (primary N) is 1. The van der Waals surface area contributed by atoms with Crippen LogP contribution in [0.25, 0.3) is 0 Å². The minimum atomic E-state index is 0.489. The van der Waals surface area contributed by atoms with Crippen molar-refractivity contribution in [3.05, 3.63) is 18.0 Å². The van der Waals surface area contributed by atoms with E-state index >= 15 is 0 Å². The predicted octanol–water partition coefficient (Wildman–Crippen LogP) is 0.674. The first kappa shape index (κ1) is 10.4. The largest absolute Gasteiger partial charge is 0.384 e. The fourth-order valence-electron chi connectivity index (χ4n) is 0.739. The number of aromatic nitrogens is 2. The minimum Gasteiger partial charge on any atom is -0.384 e. The molecule has 13 heavy (non-hydrogen) atoms. The van der Waals surface area contributed by atoms with Crippen molar-refractivity contribution in [3.8, 4) is 0 Å². The van der Waals surface area contributed by atoms with Crippen LogP contribution >= 0.6 is 11.8 Å². The van der Waals surface area contributed by atoms with Gasteiger partial charge in [-0.1, -0.05) is 11.8 Å². The molecular formula is C8H13N3OS. The Morgan fingerprint density at radius 3 is 2.69 bits per heavy atom. The van der Waals surface area contributed by atoms with E-state index in [1.54, 1.807) is 31.3 Å². The van der Waals surface area contributed by atoms with Crippen molar-refractivity contribution in [3.63, 3.8) is 0 Å². The molecule has 0 aliphatic rings. The lowest BCUT2D eigenvalue weighted by molar-refractivity contribution is 0.218. The molecule has 0 saturated heterocycles. The summed E-state index contributed by atoms with van der Waals surface area (Å²) in [5.74, 6) is 0.873. The molecule has 1 aromatic rings. The Morgan fingerprint density at radius 2 is 2.15 bits per heavy atom. The van der Waals surface area contributed by atoms with Crippen LogP contribution in [0.3, 0.4) is 0 Å². The minimum absolute atomic E-state index is 0.489. The van der Waals surface area contributed by atoms with Gasteiger partial charge in [-0.2, -0.15) is 0 Å². The number of nitrogens with zero attached hydrogens (tertiary/aromatic N) is 2. The van der Waals surface area contributed by atoms with E-state index in [9.17, 15) is 0 Å². The molecule has 0 aliphatic carbocycles. The Balaban J connectivity index is 2.40. The van der Waals surface area contributed by atoms with Crippen LogP contribution in [0.2, 0.25) is 0 Å². The summed E-state index contributed by atoms with van der Waals surface area (Å²) >= 11 is 1.58. The zero-order valence-corrected chi connectivity index (χ0v) is 8.38. The molecule has 0 atom stereocenters. The predicted molar refractivity (Wildman–Crippen MR) is 52.5 cm³/mol. The standard InChI is InChI=1S/C8H13N3OS/c1-12-2-3-13-8-10-5-7(4-9)6-11-8/h5-6H,2-4,9H2,1H3. The molecule has 0 amide bonds. The number of hydrogen-bond acceptors (Lipinski definition) is 5. The Kier molecular flexibility index (Phi) is 4.74. The van der Waals surface area contributed by atoms with Gasteiger partial charge in [0.2, 0.25) is 0 Å². The highest BCUT2D eigenvalue weighted by molar-refractivity contribution is 7.99. The number of ether oxygens (including phenoxy) is 1. The van der Waals surface area contributed by atoms with Crippen molar-refractivity contribution in [2.24, 2.45) is 5.73 Å². The molecule has 0 aliphatic heterocycles. The second-order valence-corrected chi connectivity index (χ2v) is 3.48. The van der Waals surface area contributed by atoms with Gasteiger partial charge in [-0.15, -0.1) is 0 Å². The molecule has 0 spiro atoms. The Labute approximate surface area is 81.9 Å². The maximum absolute atomic E-state index is 5.41. The van der Waals surface area contributed by atoms with E-state index in [1.807, 2.05) is 0 Å². The second kappa shape index (κ2) is 5.90. The highest BCUT2D eigenvalue weighted by Gasteiger charge is 1.96. The first-order chi connectivity index (χ1) is 6.36. The lowest BCUT2D eigenvalue weighted by atomic mass is 10.4.